The van der Waals surface area contributed by atoms with E-state index in [4.69, 9.17) is 0 Å². The maximum atomic E-state index is 11.8. The molecule has 0 amide bonds. The topological polar surface area (TPSA) is 61.7 Å². The summed E-state index contributed by atoms with van der Waals surface area (Å²) in [5, 5.41) is 0. The highest BCUT2D eigenvalue weighted by molar-refractivity contribution is 7.88. The second kappa shape index (κ2) is 5.92. The fourth-order valence-electron chi connectivity index (χ4n) is 3.35. The first-order valence-electron chi connectivity index (χ1n) is 7.78. The molecule has 0 radical (unpaired) electrons. The molecular formula is C14H25N5O2S. The number of piperazine rings is 1. The molecule has 0 N–H and O–H groups in total. The summed E-state index contributed by atoms with van der Waals surface area (Å²) in [6, 6.07) is -0.190. The summed E-state index contributed by atoms with van der Waals surface area (Å²) in [5.41, 5.74) is 1.19. The molecule has 1 atom stereocenters. The van der Waals surface area contributed by atoms with E-state index in [-0.39, 0.29) is 6.04 Å². The van der Waals surface area contributed by atoms with Gasteiger partial charge in [-0.15, -0.1) is 0 Å². The molecule has 2 aliphatic heterocycles. The third-order valence-electron chi connectivity index (χ3n) is 4.73. The van der Waals surface area contributed by atoms with Crippen LogP contribution in [-0.2, 0) is 23.1 Å². The van der Waals surface area contributed by atoms with Crippen LogP contribution < -0.4 is 0 Å². The van der Waals surface area contributed by atoms with Gasteiger partial charge in [-0.2, -0.15) is 4.31 Å². The zero-order chi connectivity index (χ0) is 15.9. The number of rotatable bonds is 3. The summed E-state index contributed by atoms with van der Waals surface area (Å²) in [5.74, 6) is 0.862. The van der Waals surface area contributed by atoms with Gasteiger partial charge < -0.3 is 9.47 Å². The van der Waals surface area contributed by atoms with E-state index in [0.29, 0.717) is 13.1 Å². The van der Waals surface area contributed by atoms with Crippen LogP contribution in [0.2, 0.25) is 0 Å². The van der Waals surface area contributed by atoms with E-state index in [0.717, 1.165) is 38.5 Å². The lowest BCUT2D eigenvalue weighted by Crippen LogP contribution is -2.44. The summed E-state index contributed by atoms with van der Waals surface area (Å²) >= 11 is 0. The molecule has 1 aromatic rings. The van der Waals surface area contributed by atoms with Gasteiger partial charge in [-0.05, 0) is 14.0 Å². The minimum absolute atomic E-state index is 0.190. The monoisotopic (exact) mass is 327 g/mol. The van der Waals surface area contributed by atoms with E-state index in [9.17, 15) is 8.42 Å². The number of fused-ring (bicyclic) bond motifs is 1. The Morgan fingerprint density at radius 3 is 2.50 bits per heavy atom. The molecule has 124 valence electrons. The Morgan fingerprint density at radius 1 is 1.18 bits per heavy atom. The van der Waals surface area contributed by atoms with Gasteiger partial charge in [0, 0.05) is 52.0 Å². The van der Waals surface area contributed by atoms with Crippen molar-refractivity contribution >= 4 is 10.0 Å². The molecule has 0 aliphatic carbocycles. The highest BCUT2D eigenvalue weighted by Gasteiger charge is 2.32. The van der Waals surface area contributed by atoms with Gasteiger partial charge in [-0.25, -0.2) is 13.4 Å². The highest BCUT2D eigenvalue weighted by Crippen LogP contribution is 2.27. The van der Waals surface area contributed by atoms with Crippen molar-refractivity contribution < 1.29 is 8.42 Å². The van der Waals surface area contributed by atoms with Crippen LogP contribution in [0.1, 0.15) is 24.5 Å². The van der Waals surface area contributed by atoms with Crippen molar-refractivity contribution in [1.29, 1.82) is 0 Å². The van der Waals surface area contributed by atoms with Crippen LogP contribution in [0.25, 0.3) is 0 Å². The van der Waals surface area contributed by atoms with Crippen LogP contribution in [0, 0.1) is 0 Å². The quantitative estimate of drug-likeness (QED) is 0.780. The van der Waals surface area contributed by atoms with E-state index in [1.807, 2.05) is 13.1 Å². The van der Waals surface area contributed by atoms with E-state index in [1.165, 1.54) is 16.3 Å². The van der Waals surface area contributed by atoms with E-state index >= 15 is 0 Å². The van der Waals surface area contributed by atoms with Gasteiger partial charge in [0.05, 0.1) is 18.0 Å². The van der Waals surface area contributed by atoms with E-state index in [1.54, 1.807) is 0 Å². The Hall–Kier alpha value is -0.960. The van der Waals surface area contributed by atoms with Gasteiger partial charge in [-0.1, -0.05) is 0 Å². The lowest BCUT2D eigenvalue weighted by atomic mass is 10.2. The van der Waals surface area contributed by atoms with Crippen LogP contribution in [0.4, 0.5) is 0 Å². The highest BCUT2D eigenvalue weighted by atomic mass is 32.2. The maximum Gasteiger partial charge on any atom is 0.211 e. The molecule has 3 rings (SSSR count). The second-order valence-corrected chi connectivity index (χ2v) is 8.32. The fourth-order valence-corrected chi connectivity index (χ4v) is 4.44. The molecular weight excluding hydrogens is 302 g/mol. The molecule has 0 aromatic carbocycles. The lowest BCUT2D eigenvalue weighted by Gasteiger charge is -2.34. The van der Waals surface area contributed by atoms with Crippen molar-refractivity contribution in [1.82, 2.24) is 23.7 Å². The van der Waals surface area contributed by atoms with Crippen LogP contribution in [0.5, 0.6) is 0 Å². The Labute approximate surface area is 132 Å². The normalized spacial score (nSPS) is 25.3. The molecule has 7 nitrogen and oxygen atoms in total. The molecule has 1 aromatic heterocycles. The first kappa shape index (κ1) is 15.9. The number of nitrogens with zero attached hydrogens (tertiary/aromatic N) is 5. The summed E-state index contributed by atoms with van der Waals surface area (Å²) in [6.45, 7) is 8.36. The molecule has 1 saturated heterocycles. The molecule has 22 heavy (non-hydrogen) atoms. The van der Waals surface area contributed by atoms with E-state index in [2.05, 4.69) is 26.4 Å². The summed E-state index contributed by atoms with van der Waals surface area (Å²) in [6.07, 6.45) is 3.18. The number of imidazole rings is 1. The zero-order valence-electron chi connectivity index (χ0n) is 13.6. The second-order valence-electron chi connectivity index (χ2n) is 6.39. The number of sulfonamides is 1. The number of aromatic nitrogens is 2. The fraction of sp³-hybridized carbons (Fsp3) is 0.786. The van der Waals surface area contributed by atoms with Crippen LogP contribution in [0.15, 0.2) is 6.20 Å². The number of hydrogen-bond acceptors (Lipinski definition) is 5. The maximum absolute atomic E-state index is 11.8. The Morgan fingerprint density at radius 2 is 1.86 bits per heavy atom. The molecule has 1 unspecified atom stereocenters. The number of likely N-dealkylation sites (N-methyl/N-ethyl adjacent to an activating group) is 1. The van der Waals surface area contributed by atoms with Crippen LogP contribution in [0.3, 0.4) is 0 Å². The minimum Gasteiger partial charge on any atom is -0.328 e. The van der Waals surface area contributed by atoms with Gasteiger partial charge in [-0.3, -0.25) is 4.90 Å². The first-order valence-corrected chi connectivity index (χ1v) is 9.63. The average Bonchev–Trinajstić information content (AvgIpc) is 2.84. The molecule has 3 heterocycles. The third-order valence-corrected chi connectivity index (χ3v) is 6.08. The van der Waals surface area contributed by atoms with E-state index < -0.39 is 10.0 Å². The Kier molecular flexibility index (Phi) is 4.28. The van der Waals surface area contributed by atoms with Crippen molar-refractivity contribution in [3.63, 3.8) is 0 Å². The third kappa shape index (κ3) is 3.05. The zero-order valence-corrected chi connectivity index (χ0v) is 14.4. The molecule has 0 spiro atoms. The molecule has 0 bridgehead atoms. The van der Waals surface area contributed by atoms with Gasteiger partial charge in [0.2, 0.25) is 10.0 Å². The van der Waals surface area contributed by atoms with Crippen LogP contribution in [-0.4, -0.2) is 78.1 Å². The van der Waals surface area contributed by atoms with Gasteiger partial charge in [0.1, 0.15) is 5.82 Å². The van der Waals surface area contributed by atoms with Crippen molar-refractivity contribution in [2.45, 2.75) is 26.1 Å². The van der Waals surface area contributed by atoms with Crippen LogP contribution >= 0.6 is 0 Å². The molecule has 0 saturated carbocycles. The largest absolute Gasteiger partial charge is 0.328 e. The van der Waals surface area contributed by atoms with Crippen molar-refractivity contribution in [2.24, 2.45) is 0 Å². The van der Waals surface area contributed by atoms with Gasteiger partial charge in [0.15, 0.2) is 0 Å². The van der Waals surface area contributed by atoms with Crippen molar-refractivity contribution in [3.8, 4) is 0 Å². The van der Waals surface area contributed by atoms with Crippen molar-refractivity contribution in [3.05, 3.63) is 17.7 Å². The predicted molar refractivity (Wildman–Crippen MR) is 85.0 cm³/mol. The standard InChI is InChI=1S/C14H25N5O2S/c1-12-14-15-10-13(11-17-6-4-16(2)5-7-17)18(14)8-9-19(12)22(3,20)21/h10,12H,4-9,11H2,1-3H3. The summed E-state index contributed by atoms with van der Waals surface area (Å²) in [7, 11) is -1.03. The Balaban J connectivity index is 1.75. The number of hydrogen-bond donors (Lipinski definition) is 0. The average molecular weight is 327 g/mol. The predicted octanol–water partition coefficient (Wildman–Crippen LogP) is -0.0333. The molecule has 1 fully saturated rings. The van der Waals surface area contributed by atoms with Gasteiger partial charge >= 0.3 is 0 Å². The molecule has 8 heteroatoms. The SMILES string of the molecule is CC1c2ncc(CN3CCN(C)CC3)n2CCN1S(C)(=O)=O. The molecule has 2 aliphatic rings. The summed E-state index contributed by atoms with van der Waals surface area (Å²) in [4.78, 5) is 9.29. The lowest BCUT2D eigenvalue weighted by molar-refractivity contribution is 0.144. The first-order chi connectivity index (χ1) is 10.4. The minimum atomic E-state index is -3.18. The summed E-state index contributed by atoms with van der Waals surface area (Å²) < 4.78 is 27.4. The van der Waals surface area contributed by atoms with Crippen molar-refractivity contribution in [2.75, 3.05) is 46.0 Å². The smallest absolute Gasteiger partial charge is 0.211 e. The van der Waals surface area contributed by atoms with Gasteiger partial charge in [0.25, 0.3) is 0 Å². The Bertz CT molecular complexity index is 634.